The Kier molecular flexibility index (Phi) is 6.18. The quantitative estimate of drug-likeness (QED) is 0.316. The highest BCUT2D eigenvalue weighted by Crippen LogP contribution is 2.41. The molecule has 0 radical (unpaired) electrons. The maximum atomic E-state index is 12.9. The Morgan fingerprint density at radius 1 is 1.52 bits per heavy atom. The van der Waals surface area contributed by atoms with Crippen LogP contribution in [0.5, 0.6) is 0 Å². The summed E-state index contributed by atoms with van der Waals surface area (Å²) in [4.78, 5) is 33.9. The van der Waals surface area contributed by atoms with Crippen molar-refractivity contribution in [2.75, 3.05) is 17.7 Å². The number of fused-ring (bicyclic) bond motifs is 1. The fourth-order valence-electron chi connectivity index (χ4n) is 2.92. The molecule has 0 saturated heterocycles. The number of hydrogen-bond acceptors (Lipinski definition) is 7. The first-order chi connectivity index (χ1) is 13.1. The van der Waals surface area contributed by atoms with Crippen LogP contribution in [-0.4, -0.2) is 28.3 Å². The van der Waals surface area contributed by atoms with Gasteiger partial charge in [0.1, 0.15) is 12.4 Å². The zero-order valence-electron chi connectivity index (χ0n) is 15.2. The standard InChI is InChI=1S/C19H21N3O3S2/c1-4-8-25-18(24)13-11(3)20-16-15(14(13)12-7-6-10-26-12)17(23)22-19(21-16)27-9-5-2/h4,6-7,10,14H,1,5,8-9H2,2-3H3,(H2,20,21,22,23)/t14-/m0/s1. The maximum absolute atomic E-state index is 12.9. The Morgan fingerprint density at radius 2 is 2.33 bits per heavy atom. The van der Waals surface area contributed by atoms with Gasteiger partial charge in [0, 0.05) is 16.3 Å². The number of nitrogens with one attached hydrogen (secondary N) is 2. The Hall–Kier alpha value is -2.32. The van der Waals surface area contributed by atoms with Crippen LogP contribution in [0.25, 0.3) is 0 Å². The van der Waals surface area contributed by atoms with E-state index in [-0.39, 0.29) is 12.2 Å². The molecule has 0 bridgehead atoms. The van der Waals surface area contributed by atoms with Crippen LogP contribution in [0.4, 0.5) is 5.82 Å². The molecule has 3 rings (SSSR count). The molecule has 2 aromatic heterocycles. The molecule has 3 heterocycles. The van der Waals surface area contributed by atoms with E-state index in [2.05, 4.69) is 28.8 Å². The average Bonchev–Trinajstić information content (AvgIpc) is 3.17. The molecule has 142 valence electrons. The lowest BCUT2D eigenvalue weighted by Gasteiger charge is -2.27. The molecule has 0 aliphatic carbocycles. The molecule has 1 aliphatic heterocycles. The van der Waals surface area contributed by atoms with Crippen LogP contribution in [0, 0.1) is 0 Å². The third kappa shape index (κ3) is 4.01. The largest absolute Gasteiger partial charge is 0.458 e. The smallest absolute Gasteiger partial charge is 0.337 e. The van der Waals surface area contributed by atoms with Crippen molar-refractivity contribution in [2.45, 2.75) is 31.3 Å². The van der Waals surface area contributed by atoms with E-state index in [1.165, 1.54) is 29.2 Å². The van der Waals surface area contributed by atoms with Gasteiger partial charge in [-0.25, -0.2) is 9.78 Å². The number of hydrogen-bond donors (Lipinski definition) is 2. The lowest BCUT2D eigenvalue weighted by molar-refractivity contribution is -0.138. The predicted molar refractivity (Wildman–Crippen MR) is 110 cm³/mol. The van der Waals surface area contributed by atoms with Crippen molar-refractivity contribution in [2.24, 2.45) is 0 Å². The van der Waals surface area contributed by atoms with E-state index in [4.69, 9.17) is 4.74 Å². The number of carbonyl (C=O) groups excluding carboxylic acids is 1. The van der Waals surface area contributed by atoms with Crippen molar-refractivity contribution in [3.63, 3.8) is 0 Å². The van der Waals surface area contributed by atoms with Crippen molar-refractivity contribution in [1.29, 1.82) is 0 Å². The molecule has 8 heteroatoms. The highest BCUT2D eigenvalue weighted by atomic mass is 32.2. The number of thiophene rings is 1. The van der Waals surface area contributed by atoms with Crippen LogP contribution in [0.2, 0.25) is 0 Å². The third-order valence-corrected chi connectivity index (χ3v) is 6.06. The molecule has 6 nitrogen and oxygen atoms in total. The van der Waals surface area contributed by atoms with Gasteiger partial charge in [0.25, 0.3) is 5.56 Å². The number of nitrogens with zero attached hydrogens (tertiary/aromatic N) is 1. The molecule has 0 spiro atoms. The van der Waals surface area contributed by atoms with Crippen LogP contribution in [0.3, 0.4) is 0 Å². The van der Waals surface area contributed by atoms with E-state index >= 15 is 0 Å². The first-order valence-corrected chi connectivity index (χ1v) is 10.5. The number of esters is 1. The summed E-state index contributed by atoms with van der Waals surface area (Å²) in [5.41, 5.74) is 1.26. The van der Waals surface area contributed by atoms with Gasteiger partial charge in [0.2, 0.25) is 0 Å². The molecule has 0 unspecified atom stereocenters. The minimum atomic E-state index is -0.514. The normalized spacial score (nSPS) is 15.9. The summed E-state index contributed by atoms with van der Waals surface area (Å²) < 4.78 is 5.27. The van der Waals surface area contributed by atoms with Gasteiger partial charge in [-0.05, 0) is 24.8 Å². The van der Waals surface area contributed by atoms with E-state index in [1.54, 1.807) is 6.92 Å². The number of anilines is 1. The summed E-state index contributed by atoms with van der Waals surface area (Å²) in [6.07, 6.45) is 2.50. The number of allylic oxidation sites excluding steroid dienone is 1. The van der Waals surface area contributed by atoms with E-state index in [9.17, 15) is 9.59 Å². The SMILES string of the molecule is C=CCOC(=O)C1=C(C)Nc2nc(SCCC)[nH]c(=O)c2[C@H]1c1cccs1. The number of ether oxygens (including phenoxy) is 1. The molecular weight excluding hydrogens is 382 g/mol. The topological polar surface area (TPSA) is 84.1 Å². The van der Waals surface area contributed by atoms with Crippen LogP contribution in [0.15, 0.2) is 51.4 Å². The van der Waals surface area contributed by atoms with Gasteiger partial charge >= 0.3 is 5.97 Å². The highest BCUT2D eigenvalue weighted by molar-refractivity contribution is 7.99. The summed E-state index contributed by atoms with van der Waals surface area (Å²) in [7, 11) is 0. The lowest BCUT2D eigenvalue weighted by atomic mass is 9.86. The van der Waals surface area contributed by atoms with Crippen LogP contribution >= 0.6 is 23.1 Å². The maximum Gasteiger partial charge on any atom is 0.337 e. The van der Waals surface area contributed by atoms with Crippen LogP contribution in [-0.2, 0) is 9.53 Å². The second-order valence-corrected chi connectivity index (χ2v) is 8.04. The second-order valence-electron chi connectivity index (χ2n) is 5.98. The van der Waals surface area contributed by atoms with Crippen LogP contribution in [0.1, 0.15) is 36.6 Å². The number of aromatic nitrogens is 2. The van der Waals surface area contributed by atoms with Crippen molar-refractivity contribution in [3.8, 4) is 0 Å². The van der Waals surface area contributed by atoms with Gasteiger partial charge in [-0.3, -0.25) is 4.79 Å². The fourth-order valence-corrected chi connectivity index (χ4v) is 4.48. The molecule has 1 aliphatic rings. The number of aromatic amines is 1. The van der Waals surface area contributed by atoms with E-state index in [0.29, 0.717) is 27.8 Å². The van der Waals surface area contributed by atoms with E-state index in [1.807, 2.05) is 17.5 Å². The van der Waals surface area contributed by atoms with E-state index < -0.39 is 11.9 Å². The first-order valence-electron chi connectivity index (χ1n) is 8.63. The minimum Gasteiger partial charge on any atom is -0.458 e. The van der Waals surface area contributed by atoms with Gasteiger partial charge in [0.15, 0.2) is 5.16 Å². The molecule has 2 aromatic rings. The number of thioether (sulfide) groups is 1. The Balaban J connectivity index is 2.11. The number of carbonyl (C=O) groups is 1. The zero-order chi connectivity index (χ0) is 19.4. The number of rotatable bonds is 7. The monoisotopic (exact) mass is 403 g/mol. The molecule has 0 aromatic carbocycles. The highest BCUT2D eigenvalue weighted by Gasteiger charge is 2.36. The van der Waals surface area contributed by atoms with Gasteiger partial charge in [-0.1, -0.05) is 37.4 Å². The summed E-state index contributed by atoms with van der Waals surface area (Å²) in [5.74, 6) is 0.380. The Bertz CT molecular complexity index is 932. The molecule has 1 atom stereocenters. The molecule has 2 N–H and O–H groups in total. The zero-order valence-corrected chi connectivity index (χ0v) is 16.8. The predicted octanol–water partition coefficient (Wildman–Crippen LogP) is 3.89. The summed E-state index contributed by atoms with van der Waals surface area (Å²) in [6.45, 7) is 7.56. The fraction of sp³-hybridized carbons (Fsp3) is 0.316. The summed E-state index contributed by atoms with van der Waals surface area (Å²) >= 11 is 2.99. The van der Waals surface area contributed by atoms with Gasteiger partial charge in [-0.15, -0.1) is 11.3 Å². The first kappa shape index (κ1) is 19.4. The van der Waals surface area contributed by atoms with Gasteiger partial charge in [0.05, 0.1) is 17.1 Å². The lowest BCUT2D eigenvalue weighted by Crippen LogP contribution is -2.30. The summed E-state index contributed by atoms with van der Waals surface area (Å²) in [5, 5.41) is 5.63. The molecule has 0 saturated carbocycles. The van der Waals surface area contributed by atoms with Crippen LogP contribution < -0.4 is 10.9 Å². The van der Waals surface area contributed by atoms with Crippen molar-refractivity contribution < 1.29 is 9.53 Å². The average molecular weight is 404 g/mol. The second kappa shape index (κ2) is 8.58. The number of H-pyrrole nitrogens is 1. The Labute approximate surface area is 165 Å². The van der Waals surface area contributed by atoms with Crippen molar-refractivity contribution >= 4 is 34.9 Å². The van der Waals surface area contributed by atoms with Gasteiger partial charge < -0.3 is 15.0 Å². The third-order valence-electron chi connectivity index (χ3n) is 4.04. The van der Waals surface area contributed by atoms with Crippen molar-refractivity contribution in [1.82, 2.24) is 9.97 Å². The molecular formula is C19H21N3O3S2. The molecule has 0 fully saturated rings. The van der Waals surface area contributed by atoms with E-state index in [0.717, 1.165) is 17.1 Å². The van der Waals surface area contributed by atoms with Gasteiger partial charge in [-0.2, -0.15) is 0 Å². The molecule has 0 amide bonds. The molecule has 27 heavy (non-hydrogen) atoms. The summed E-state index contributed by atoms with van der Waals surface area (Å²) in [6, 6.07) is 3.81. The Morgan fingerprint density at radius 3 is 3.00 bits per heavy atom. The minimum absolute atomic E-state index is 0.112. The van der Waals surface area contributed by atoms with Crippen molar-refractivity contribution in [3.05, 3.63) is 62.2 Å².